The number of halogens is 1. The van der Waals surface area contributed by atoms with Crippen molar-refractivity contribution in [3.8, 4) is 0 Å². The van der Waals surface area contributed by atoms with E-state index in [1.54, 1.807) is 6.07 Å². The molecule has 0 bridgehead atoms. The fraction of sp³-hybridized carbons (Fsp3) is 0.318. The number of benzene rings is 2. The molecule has 1 fully saturated rings. The monoisotopic (exact) mass is 407 g/mol. The standard InChI is InChI=1S/C22H22FN5O2/c1-3-14-12(2)18(11-16-19(14)22(30)24-21(16)29)27-6-8-28(9-7-27)20-15-5-4-13(23)10-17(15)25-26-20/h4-5,10-11H,3,6-9H2,1-2H3,(H,25,26)(H,24,29,30). The quantitative estimate of drug-likeness (QED) is 0.653. The number of nitrogens with one attached hydrogen (secondary N) is 2. The van der Waals surface area contributed by atoms with Crippen molar-refractivity contribution < 1.29 is 14.0 Å². The van der Waals surface area contributed by atoms with Gasteiger partial charge in [0.1, 0.15) is 5.82 Å². The minimum absolute atomic E-state index is 0.288. The zero-order chi connectivity index (χ0) is 21.0. The highest BCUT2D eigenvalue weighted by atomic mass is 19.1. The van der Waals surface area contributed by atoms with Crippen molar-refractivity contribution in [3.05, 3.63) is 52.3 Å². The summed E-state index contributed by atoms with van der Waals surface area (Å²) in [7, 11) is 0. The van der Waals surface area contributed by atoms with Crippen LogP contribution >= 0.6 is 0 Å². The summed E-state index contributed by atoms with van der Waals surface area (Å²) in [6, 6.07) is 6.51. The molecule has 0 radical (unpaired) electrons. The van der Waals surface area contributed by atoms with Crippen LogP contribution in [0.15, 0.2) is 24.3 Å². The first-order chi connectivity index (χ1) is 14.5. The molecular weight excluding hydrogens is 385 g/mol. The fourth-order valence-electron chi connectivity index (χ4n) is 4.64. The van der Waals surface area contributed by atoms with Crippen LogP contribution in [0.4, 0.5) is 15.9 Å². The van der Waals surface area contributed by atoms with Crippen molar-refractivity contribution in [3.63, 3.8) is 0 Å². The summed E-state index contributed by atoms with van der Waals surface area (Å²) in [4.78, 5) is 28.9. The number of carbonyl (C=O) groups is 2. The van der Waals surface area contributed by atoms with E-state index in [1.165, 1.54) is 12.1 Å². The van der Waals surface area contributed by atoms with Crippen molar-refractivity contribution >= 4 is 34.2 Å². The maximum atomic E-state index is 13.5. The Hall–Kier alpha value is -3.42. The number of hydrogen-bond donors (Lipinski definition) is 2. The summed E-state index contributed by atoms with van der Waals surface area (Å²) in [5.74, 6) is -0.0774. The zero-order valence-corrected chi connectivity index (χ0v) is 16.9. The van der Waals surface area contributed by atoms with E-state index in [4.69, 9.17) is 0 Å². The van der Waals surface area contributed by atoms with Crippen molar-refractivity contribution in [2.45, 2.75) is 20.3 Å². The van der Waals surface area contributed by atoms with E-state index in [0.717, 1.165) is 54.2 Å². The highest BCUT2D eigenvalue weighted by molar-refractivity contribution is 6.22. The number of anilines is 2. The van der Waals surface area contributed by atoms with E-state index in [9.17, 15) is 14.0 Å². The van der Waals surface area contributed by atoms with Gasteiger partial charge in [-0.1, -0.05) is 6.92 Å². The summed E-state index contributed by atoms with van der Waals surface area (Å²) in [5, 5.41) is 10.6. The molecule has 0 spiro atoms. The minimum atomic E-state index is -0.320. The van der Waals surface area contributed by atoms with E-state index in [-0.39, 0.29) is 17.6 Å². The number of carbonyl (C=O) groups excluding carboxylic acids is 2. The molecule has 154 valence electrons. The van der Waals surface area contributed by atoms with Gasteiger partial charge in [0.2, 0.25) is 0 Å². The predicted molar refractivity (Wildman–Crippen MR) is 113 cm³/mol. The van der Waals surface area contributed by atoms with Gasteiger partial charge in [-0.3, -0.25) is 20.0 Å². The Labute approximate surface area is 172 Å². The number of aromatic amines is 1. The summed E-state index contributed by atoms with van der Waals surface area (Å²) >= 11 is 0. The van der Waals surface area contributed by atoms with E-state index in [2.05, 4.69) is 25.3 Å². The summed E-state index contributed by atoms with van der Waals surface area (Å²) in [6.45, 7) is 7.04. The molecule has 8 heteroatoms. The molecule has 2 N–H and O–H groups in total. The van der Waals surface area contributed by atoms with Crippen molar-refractivity contribution in [1.82, 2.24) is 15.5 Å². The van der Waals surface area contributed by atoms with Gasteiger partial charge in [-0.25, -0.2) is 4.39 Å². The number of amides is 2. The predicted octanol–water partition coefficient (Wildman–Crippen LogP) is 2.78. The molecule has 5 rings (SSSR count). The van der Waals surface area contributed by atoms with Crippen LogP contribution in [0.1, 0.15) is 38.8 Å². The number of rotatable bonds is 3. The lowest BCUT2D eigenvalue weighted by Gasteiger charge is -2.37. The Bertz CT molecular complexity index is 1190. The lowest BCUT2D eigenvalue weighted by atomic mass is 9.93. The average Bonchev–Trinajstić information content (AvgIpc) is 3.28. The Morgan fingerprint density at radius 1 is 1.07 bits per heavy atom. The molecule has 0 aliphatic carbocycles. The lowest BCUT2D eigenvalue weighted by Crippen LogP contribution is -2.47. The minimum Gasteiger partial charge on any atom is -0.368 e. The summed E-state index contributed by atoms with van der Waals surface area (Å²) in [6.07, 6.45) is 0.693. The molecule has 2 aliphatic heterocycles. The molecule has 7 nitrogen and oxygen atoms in total. The van der Waals surface area contributed by atoms with Crippen LogP contribution in [0, 0.1) is 12.7 Å². The number of hydrogen-bond acceptors (Lipinski definition) is 5. The number of imide groups is 1. The van der Waals surface area contributed by atoms with Crippen LogP contribution in [0.2, 0.25) is 0 Å². The van der Waals surface area contributed by atoms with E-state index >= 15 is 0 Å². The van der Waals surface area contributed by atoms with Crippen LogP contribution in [-0.4, -0.2) is 48.2 Å². The molecule has 2 amide bonds. The number of piperazine rings is 1. The van der Waals surface area contributed by atoms with Crippen LogP contribution in [0.3, 0.4) is 0 Å². The van der Waals surface area contributed by atoms with Crippen LogP contribution < -0.4 is 15.1 Å². The average molecular weight is 407 g/mol. The highest BCUT2D eigenvalue weighted by Crippen LogP contribution is 2.33. The number of nitrogens with zero attached hydrogens (tertiary/aromatic N) is 3. The Balaban J connectivity index is 1.43. The fourth-order valence-corrected chi connectivity index (χ4v) is 4.64. The molecule has 1 aromatic heterocycles. The SMILES string of the molecule is CCc1c(C)c(N2CCN(c3n[nH]c4cc(F)ccc34)CC2)cc2c1C(=O)NC2=O. The van der Waals surface area contributed by atoms with Crippen molar-refractivity contribution in [1.29, 1.82) is 0 Å². The zero-order valence-electron chi connectivity index (χ0n) is 16.9. The second-order valence-corrected chi connectivity index (χ2v) is 7.77. The number of fused-ring (bicyclic) bond motifs is 2. The van der Waals surface area contributed by atoms with Crippen LogP contribution in [0.25, 0.3) is 10.9 Å². The molecule has 0 unspecified atom stereocenters. The molecule has 30 heavy (non-hydrogen) atoms. The van der Waals surface area contributed by atoms with Gasteiger partial charge in [0.15, 0.2) is 5.82 Å². The third kappa shape index (κ3) is 2.74. The smallest absolute Gasteiger partial charge is 0.259 e. The second kappa shape index (κ2) is 6.83. The molecule has 0 saturated carbocycles. The van der Waals surface area contributed by atoms with Gasteiger partial charge < -0.3 is 9.80 Å². The molecule has 2 aromatic carbocycles. The lowest BCUT2D eigenvalue weighted by molar-refractivity contribution is 0.0879. The van der Waals surface area contributed by atoms with Gasteiger partial charge in [-0.05, 0) is 48.7 Å². The van der Waals surface area contributed by atoms with Gasteiger partial charge >= 0.3 is 0 Å². The van der Waals surface area contributed by atoms with Crippen molar-refractivity contribution in [2.24, 2.45) is 0 Å². The summed E-state index contributed by atoms with van der Waals surface area (Å²) in [5.41, 5.74) is 4.68. The first kappa shape index (κ1) is 18.6. The van der Waals surface area contributed by atoms with E-state index in [1.807, 2.05) is 19.9 Å². The summed E-state index contributed by atoms with van der Waals surface area (Å²) < 4.78 is 13.5. The first-order valence-electron chi connectivity index (χ1n) is 10.1. The maximum Gasteiger partial charge on any atom is 0.259 e. The topological polar surface area (TPSA) is 81.3 Å². The van der Waals surface area contributed by atoms with Crippen LogP contribution in [-0.2, 0) is 6.42 Å². The van der Waals surface area contributed by atoms with Gasteiger partial charge in [-0.2, -0.15) is 5.10 Å². The van der Waals surface area contributed by atoms with E-state index in [0.29, 0.717) is 23.1 Å². The van der Waals surface area contributed by atoms with Gasteiger partial charge in [0.05, 0.1) is 16.6 Å². The molecule has 2 aliphatic rings. The molecular formula is C22H22FN5O2. The van der Waals surface area contributed by atoms with Crippen LogP contribution in [0.5, 0.6) is 0 Å². The molecule has 3 heterocycles. The highest BCUT2D eigenvalue weighted by Gasteiger charge is 2.32. The van der Waals surface area contributed by atoms with Crippen molar-refractivity contribution in [2.75, 3.05) is 36.0 Å². The van der Waals surface area contributed by atoms with Gasteiger partial charge in [-0.15, -0.1) is 0 Å². The molecule has 3 aromatic rings. The third-order valence-corrected chi connectivity index (χ3v) is 6.17. The largest absolute Gasteiger partial charge is 0.368 e. The first-order valence-corrected chi connectivity index (χ1v) is 10.1. The third-order valence-electron chi connectivity index (χ3n) is 6.17. The Kier molecular flexibility index (Phi) is 4.23. The van der Waals surface area contributed by atoms with Gasteiger partial charge in [0, 0.05) is 37.3 Å². The number of H-pyrrole nitrogens is 1. The van der Waals surface area contributed by atoms with E-state index < -0.39 is 0 Å². The second-order valence-electron chi connectivity index (χ2n) is 7.77. The number of aromatic nitrogens is 2. The molecule has 0 atom stereocenters. The normalized spacial score (nSPS) is 16.4. The Morgan fingerprint density at radius 2 is 1.80 bits per heavy atom. The maximum absolute atomic E-state index is 13.5. The Morgan fingerprint density at radius 3 is 2.53 bits per heavy atom. The molecule has 1 saturated heterocycles. The van der Waals surface area contributed by atoms with Gasteiger partial charge in [0.25, 0.3) is 11.8 Å².